The zero-order valence-electron chi connectivity index (χ0n) is 14.4. The van der Waals surface area contributed by atoms with Gasteiger partial charge >= 0.3 is 0 Å². The molecule has 25 heavy (non-hydrogen) atoms. The topological polar surface area (TPSA) is 91.6 Å². The number of hydrogen-bond acceptors (Lipinski definition) is 4. The lowest BCUT2D eigenvalue weighted by Crippen LogP contribution is -2.40. The number of nitrogens with zero attached hydrogens (tertiary/aromatic N) is 2. The monoisotopic (exact) mass is 341 g/mol. The standard InChI is InChI=1S/C18H23N5O2/c1-14(15-8-4-3-5-9-15)22-18(19-2)21-13-12-20-16-10-6-7-11-17(16)23(24)25/h3-11,14,20H,12-13H2,1-2H3,(H2,19,21,22). The number of aliphatic imine (C=N–C) groups is 1. The molecule has 0 saturated carbocycles. The van der Waals surface area contributed by atoms with Gasteiger partial charge in [0, 0.05) is 26.2 Å². The van der Waals surface area contributed by atoms with E-state index in [2.05, 4.69) is 40.0 Å². The quantitative estimate of drug-likeness (QED) is 0.237. The Balaban J connectivity index is 1.81. The highest BCUT2D eigenvalue weighted by Gasteiger charge is 2.11. The molecule has 132 valence electrons. The lowest BCUT2D eigenvalue weighted by Gasteiger charge is -2.18. The predicted molar refractivity (Wildman–Crippen MR) is 101 cm³/mol. The van der Waals surface area contributed by atoms with E-state index in [1.165, 1.54) is 11.6 Å². The summed E-state index contributed by atoms with van der Waals surface area (Å²) >= 11 is 0. The number of nitrogens with one attached hydrogen (secondary N) is 3. The number of para-hydroxylation sites is 2. The van der Waals surface area contributed by atoms with Crippen LogP contribution in [0.15, 0.2) is 59.6 Å². The van der Waals surface area contributed by atoms with Crippen molar-refractivity contribution >= 4 is 17.3 Å². The molecule has 7 nitrogen and oxygen atoms in total. The minimum Gasteiger partial charge on any atom is -0.378 e. The van der Waals surface area contributed by atoms with Gasteiger partial charge in [0.2, 0.25) is 0 Å². The van der Waals surface area contributed by atoms with Crippen molar-refractivity contribution in [1.82, 2.24) is 10.6 Å². The minimum absolute atomic E-state index is 0.0720. The van der Waals surface area contributed by atoms with Crippen LogP contribution in [0.25, 0.3) is 0 Å². The first-order valence-electron chi connectivity index (χ1n) is 8.11. The van der Waals surface area contributed by atoms with Gasteiger partial charge in [-0.1, -0.05) is 42.5 Å². The third kappa shape index (κ3) is 5.49. The van der Waals surface area contributed by atoms with Gasteiger partial charge in [-0.15, -0.1) is 0 Å². The van der Waals surface area contributed by atoms with Crippen molar-refractivity contribution < 1.29 is 4.92 Å². The number of nitro benzene ring substituents is 1. The molecule has 0 aromatic heterocycles. The Morgan fingerprint density at radius 2 is 1.80 bits per heavy atom. The Hall–Kier alpha value is -3.09. The second-order valence-corrected chi connectivity index (χ2v) is 5.48. The normalized spacial score (nSPS) is 12.3. The zero-order valence-corrected chi connectivity index (χ0v) is 14.4. The molecule has 1 unspecified atom stereocenters. The van der Waals surface area contributed by atoms with Gasteiger partial charge in [0.1, 0.15) is 5.69 Å². The summed E-state index contributed by atoms with van der Waals surface area (Å²) in [6.45, 7) is 3.17. The molecule has 0 fully saturated rings. The van der Waals surface area contributed by atoms with E-state index in [1.807, 2.05) is 18.2 Å². The second-order valence-electron chi connectivity index (χ2n) is 5.48. The molecule has 2 aromatic carbocycles. The van der Waals surface area contributed by atoms with Crippen LogP contribution < -0.4 is 16.0 Å². The van der Waals surface area contributed by atoms with Gasteiger partial charge in [-0.2, -0.15) is 0 Å². The van der Waals surface area contributed by atoms with Gasteiger partial charge in [0.05, 0.1) is 11.0 Å². The summed E-state index contributed by atoms with van der Waals surface area (Å²) in [6, 6.07) is 16.8. The molecule has 0 saturated heterocycles. The van der Waals surface area contributed by atoms with Crippen LogP contribution in [0.1, 0.15) is 18.5 Å². The highest BCUT2D eigenvalue weighted by atomic mass is 16.6. The number of nitro groups is 1. The summed E-state index contributed by atoms with van der Waals surface area (Å²) in [5.41, 5.74) is 1.75. The fraction of sp³-hybridized carbons (Fsp3) is 0.278. The third-order valence-corrected chi connectivity index (χ3v) is 3.71. The molecule has 7 heteroatoms. The number of guanidine groups is 1. The zero-order chi connectivity index (χ0) is 18.1. The molecular formula is C18H23N5O2. The largest absolute Gasteiger partial charge is 0.378 e. The Labute approximate surface area is 147 Å². The second kappa shape index (κ2) is 9.27. The molecule has 0 bridgehead atoms. The summed E-state index contributed by atoms with van der Waals surface area (Å²) in [6.07, 6.45) is 0. The average Bonchev–Trinajstić information content (AvgIpc) is 2.65. The maximum absolute atomic E-state index is 11.0. The molecular weight excluding hydrogens is 318 g/mol. The molecule has 0 aliphatic heterocycles. The van der Waals surface area contributed by atoms with Crippen molar-refractivity contribution in [1.29, 1.82) is 0 Å². The fourth-order valence-corrected chi connectivity index (χ4v) is 2.39. The first-order valence-corrected chi connectivity index (χ1v) is 8.11. The highest BCUT2D eigenvalue weighted by Crippen LogP contribution is 2.22. The SMILES string of the molecule is CN=C(NCCNc1ccccc1[N+](=O)[O-])NC(C)c1ccccc1. The summed E-state index contributed by atoms with van der Waals surface area (Å²) in [5.74, 6) is 0.681. The van der Waals surface area contributed by atoms with Crippen molar-refractivity contribution in [3.8, 4) is 0 Å². The summed E-state index contributed by atoms with van der Waals surface area (Å²) < 4.78 is 0. The first-order chi connectivity index (χ1) is 12.1. The van der Waals surface area contributed by atoms with Gasteiger partial charge in [-0.05, 0) is 18.6 Å². The van der Waals surface area contributed by atoms with Crippen LogP contribution in [0.2, 0.25) is 0 Å². The van der Waals surface area contributed by atoms with Crippen molar-refractivity contribution in [2.24, 2.45) is 4.99 Å². The summed E-state index contributed by atoms with van der Waals surface area (Å²) in [5, 5.41) is 20.6. The van der Waals surface area contributed by atoms with Crippen molar-refractivity contribution in [3.05, 3.63) is 70.3 Å². The van der Waals surface area contributed by atoms with Crippen molar-refractivity contribution in [3.63, 3.8) is 0 Å². The predicted octanol–water partition coefficient (Wildman–Crippen LogP) is 2.93. The van der Waals surface area contributed by atoms with E-state index >= 15 is 0 Å². The van der Waals surface area contributed by atoms with Crippen LogP contribution in [0, 0.1) is 10.1 Å². The van der Waals surface area contributed by atoms with Crippen LogP contribution in [0.4, 0.5) is 11.4 Å². The van der Waals surface area contributed by atoms with Crippen molar-refractivity contribution in [2.45, 2.75) is 13.0 Å². The van der Waals surface area contributed by atoms with E-state index in [0.29, 0.717) is 24.7 Å². The Kier molecular flexibility index (Phi) is 6.76. The average molecular weight is 341 g/mol. The first kappa shape index (κ1) is 18.3. The van der Waals surface area contributed by atoms with E-state index < -0.39 is 4.92 Å². The van der Waals surface area contributed by atoms with Crippen LogP contribution in [-0.4, -0.2) is 31.0 Å². The van der Waals surface area contributed by atoms with Gasteiger partial charge < -0.3 is 16.0 Å². The molecule has 0 aliphatic rings. The van der Waals surface area contributed by atoms with Gasteiger partial charge in [-0.25, -0.2) is 0 Å². The Morgan fingerprint density at radius 1 is 1.12 bits per heavy atom. The lowest BCUT2D eigenvalue weighted by molar-refractivity contribution is -0.384. The maximum atomic E-state index is 11.0. The number of benzene rings is 2. The minimum atomic E-state index is -0.391. The summed E-state index contributed by atoms with van der Waals surface area (Å²) in [4.78, 5) is 14.8. The van der Waals surface area contributed by atoms with Crippen LogP contribution in [0.5, 0.6) is 0 Å². The molecule has 0 aliphatic carbocycles. The van der Waals surface area contributed by atoms with Crippen LogP contribution in [-0.2, 0) is 0 Å². The maximum Gasteiger partial charge on any atom is 0.292 e. The van der Waals surface area contributed by atoms with Gasteiger partial charge in [0.15, 0.2) is 5.96 Å². The molecule has 2 rings (SSSR count). The van der Waals surface area contributed by atoms with E-state index in [4.69, 9.17) is 0 Å². The molecule has 0 radical (unpaired) electrons. The fourth-order valence-electron chi connectivity index (χ4n) is 2.39. The molecule has 3 N–H and O–H groups in total. The van der Waals surface area contributed by atoms with Crippen LogP contribution >= 0.6 is 0 Å². The summed E-state index contributed by atoms with van der Waals surface area (Å²) in [7, 11) is 1.71. The highest BCUT2D eigenvalue weighted by molar-refractivity contribution is 5.80. The number of anilines is 1. The van der Waals surface area contributed by atoms with Gasteiger partial charge in [0.25, 0.3) is 5.69 Å². The van der Waals surface area contributed by atoms with E-state index in [9.17, 15) is 10.1 Å². The molecule has 0 amide bonds. The van der Waals surface area contributed by atoms with Crippen molar-refractivity contribution in [2.75, 3.05) is 25.5 Å². The molecule has 2 aromatic rings. The van der Waals surface area contributed by atoms with E-state index in [-0.39, 0.29) is 11.7 Å². The van der Waals surface area contributed by atoms with E-state index in [1.54, 1.807) is 25.2 Å². The van der Waals surface area contributed by atoms with Crippen LogP contribution in [0.3, 0.4) is 0 Å². The smallest absolute Gasteiger partial charge is 0.292 e. The number of hydrogen-bond donors (Lipinski definition) is 3. The molecule has 0 spiro atoms. The third-order valence-electron chi connectivity index (χ3n) is 3.71. The van der Waals surface area contributed by atoms with Gasteiger partial charge in [-0.3, -0.25) is 15.1 Å². The molecule has 0 heterocycles. The Morgan fingerprint density at radius 3 is 2.48 bits per heavy atom. The Bertz CT molecular complexity index is 718. The van der Waals surface area contributed by atoms with E-state index in [0.717, 1.165) is 0 Å². The lowest BCUT2D eigenvalue weighted by atomic mass is 10.1. The molecule has 1 atom stereocenters. The number of rotatable bonds is 7.